The van der Waals surface area contributed by atoms with E-state index in [0.29, 0.717) is 18.0 Å². The SMILES string of the molecule is CCCOc1ccccc1NC(=O)c1cccc(S(=O)(=O)NC(C)C)c1. The van der Waals surface area contributed by atoms with Crippen LogP contribution < -0.4 is 14.8 Å². The highest BCUT2D eigenvalue weighted by molar-refractivity contribution is 7.89. The second-order valence-corrected chi connectivity index (χ2v) is 7.82. The summed E-state index contributed by atoms with van der Waals surface area (Å²) in [7, 11) is -3.66. The smallest absolute Gasteiger partial charge is 0.255 e. The zero-order valence-electron chi connectivity index (χ0n) is 15.2. The quantitative estimate of drug-likeness (QED) is 0.739. The number of carbonyl (C=O) groups excluding carboxylic acids is 1. The summed E-state index contributed by atoms with van der Waals surface area (Å²) in [6.45, 7) is 6.02. The normalized spacial score (nSPS) is 11.4. The summed E-state index contributed by atoms with van der Waals surface area (Å²) in [4.78, 5) is 12.6. The molecule has 0 bridgehead atoms. The molecule has 26 heavy (non-hydrogen) atoms. The molecule has 0 atom stereocenters. The van der Waals surface area contributed by atoms with Gasteiger partial charge in [0.1, 0.15) is 5.75 Å². The Morgan fingerprint density at radius 3 is 2.54 bits per heavy atom. The van der Waals surface area contributed by atoms with Gasteiger partial charge in [0.15, 0.2) is 0 Å². The average molecular weight is 376 g/mol. The zero-order chi connectivity index (χ0) is 19.2. The van der Waals surface area contributed by atoms with Crippen LogP contribution in [0.4, 0.5) is 5.69 Å². The maximum absolute atomic E-state index is 12.6. The van der Waals surface area contributed by atoms with Gasteiger partial charge in [-0.15, -0.1) is 0 Å². The summed E-state index contributed by atoms with van der Waals surface area (Å²) in [5, 5.41) is 2.78. The number of ether oxygens (including phenoxy) is 1. The first kappa shape index (κ1) is 19.9. The fraction of sp³-hybridized carbons (Fsp3) is 0.316. The Bertz CT molecular complexity index is 863. The first-order valence-electron chi connectivity index (χ1n) is 8.49. The van der Waals surface area contributed by atoms with Crippen LogP contribution >= 0.6 is 0 Å². The first-order valence-corrected chi connectivity index (χ1v) is 9.97. The molecule has 1 amide bonds. The number of nitrogens with one attached hydrogen (secondary N) is 2. The van der Waals surface area contributed by atoms with Crippen LogP contribution in [-0.4, -0.2) is 27.0 Å². The molecule has 2 N–H and O–H groups in total. The molecule has 0 radical (unpaired) electrons. The largest absolute Gasteiger partial charge is 0.491 e. The van der Waals surface area contributed by atoms with Gasteiger partial charge < -0.3 is 10.1 Å². The van der Waals surface area contributed by atoms with E-state index in [4.69, 9.17) is 4.74 Å². The van der Waals surface area contributed by atoms with E-state index in [-0.39, 0.29) is 16.5 Å². The third-order valence-electron chi connectivity index (χ3n) is 3.39. The van der Waals surface area contributed by atoms with Gasteiger partial charge in [0.05, 0.1) is 17.2 Å². The molecule has 0 unspecified atom stereocenters. The second kappa shape index (κ2) is 8.82. The summed E-state index contributed by atoms with van der Waals surface area (Å²) < 4.78 is 32.7. The molecule has 6 nitrogen and oxygen atoms in total. The highest BCUT2D eigenvalue weighted by Crippen LogP contribution is 2.25. The van der Waals surface area contributed by atoms with E-state index in [0.717, 1.165) is 6.42 Å². The van der Waals surface area contributed by atoms with Gasteiger partial charge in [-0.3, -0.25) is 4.79 Å². The Morgan fingerprint density at radius 1 is 1.12 bits per heavy atom. The van der Waals surface area contributed by atoms with Gasteiger partial charge in [-0.25, -0.2) is 13.1 Å². The van der Waals surface area contributed by atoms with Crippen LogP contribution in [0.5, 0.6) is 5.75 Å². The molecule has 0 aliphatic rings. The minimum Gasteiger partial charge on any atom is -0.491 e. The molecular formula is C19H24N2O4S. The van der Waals surface area contributed by atoms with Crippen LogP contribution in [0.3, 0.4) is 0 Å². The summed E-state index contributed by atoms with van der Waals surface area (Å²) in [6.07, 6.45) is 0.852. The van der Waals surface area contributed by atoms with Crippen LogP contribution in [0.1, 0.15) is 37.6 Å². The third-order valence-corrected chi connectivity index (χ3v) is 5.05. The van der Waals surface area contributed by atoms with Crippen molar-refractivity contribution in [3.05, 3.63) is 54.1 Å². The maximum atomic E-state index is 12.6. The molecule has 7 heteroatoms. The Balaban J connectivity index is 2.23. The van der Waals surface area contributed by atoms with E-state index < -0.39 is 15.9 Å². The molecule has 0 heterocycles. The van der Waals surface area contributed by atoms with Gasteiger partial charge in [0.2, 0.25) is 10.0 Å². The van der Waals surface area contributed by atoms with Gasteiger partial charge in [0, 0.05) is 11.6 Å². The molecule has 0 fully saturated rings. The number of carbonyl (C=O) groups is 1. The van der Waals surface area contributed by atoms with E-state index in [1.54, 1.807) is 44.2 Å². The lowest BCUT2D eigenvalue weighted by Crippen LogP contribution is -2.30. The number of rotatable bonds is 8. The fourth-order valence-corrected chi connectivity index (χ4v) is 3.58. The first-order chi connectivity index (χ1) is 12.3. The van der Waals surface area contributed by atoms with Gasteiger partial charge in [-0.05, 0) is 50.6 Å². The second-order valence-electron chi connectivity index (χ2n) is 6.10. The maximum Gasteiger partial charge on any atom is 0.255 e. The predicted molar refractivity (Wildman–Crippen MR) is 102 cm³/mol. The lowest BCUT2D eigenvalue weighted by molar-refractivity contribution is 0.102. The highest BCUT2D eigenvalue weighted by Gasteiger charge is 2.18. The Labute approximate surface area is 154 Å². The lowest BCUT2D eigenvalue weighted by Gasteiger charge is -2.13. The van der Waals surface area contributed by atoms with Gasteiger partial charge in [-0.1, -0.05) is 25.1 Å². The summed E-state index contributed by atoms with van der Waals surface area (Å²) in [6, 6.07) is 12.8. The minimum atomic E-state index is -3.66. The number of benzene rings is 2. The van der Waals surface area contributed by atoms with Crippen LogP contribution in [-0.2, 0) is 10.0 Å². The Kier molecular flexibility index (Phi) is 6.76. The van der Waals surface area contributed by atoms with Gasteiger partial charge in [0.25, 0.3) is 5.91 Å². The molecular weight excluding hydrogens is 352 g/mol. The van der Waals surface area contributed by atoms with Crippen molar-refractivity contribution < 1.29 is 17.9 Å². The minimum absolute atomic E-state index is 0.0503. The standard InChI is InChI=1S/C19H24N2O4S/c1-4-12-25-18-11-6-5-10-17(18)20-19(22)15-8-7-9-16(13-15)26(23,24)21-14(2)3/h5-11,13-14,21H,4,12H2,1-3H3,(H,20,22). The van der Waals surface area contributed by atoms with Crippen molar-refractivity contribution in [1.29, 1.82) is 0 Å². The molecule has 2 rings (SSSR count). The average Bonchev–Trinajstić information content (AvgIpc) is 2.60. The molecule has 0 saturated carbocycles. The molecule has 140 valence electrons. The van der Waals surface area contributed by atoms with Gasteiger partial charge in [-0.2, -0.15) is 0 Å². The van der Waals surface area contributed by atoms with Crippen molar-refractivity contribution in [3.8, 4) is 5.75 Å². The van der Waals surface area contributed by atoms with Crippen molar-refractivity contribution in [2.24, 2.45) is 0 Å². The Hall–Kier alpha value is -2.38. The Morgan fingerprint density at radius 2 is 1.85 bits per heavy atom. The zero-order valence-corrected chi connectivity index (χ0v) is 16.0. The molecule has 2 aromatic carbocycles. The van der Waals surface area contributed by atoms with E-state index >= 15 is 0 Å². The van der Waals surface area contributed by atoms with E-state index in [2.05, 4.69) is 10.0 Å². The van der Waals surface area contributed by atoms with Crippen molar-refractivity contribution in [2.75, 3.05) is 11.9 Å². The van der Waals surface area contributed by atoms with Crippen molar-refractivity contribution >= 4 is 21.6 Å². The number of anilines is 1. The summed E-state index contributed by atoms with van der Waals surface area (Å²) in [5.74, 6) is 0.173. The highest BCUT2D eigenvalue weighted by atomic mass is 32.2. The van der Waals surface area contributed by atoms with E-state index in [1.807, 2.05) is 13.0 Å². The van der Waals surface area contributed by atoms with E-state index in [9.17, 15) is 13.2 Å². The summed E-state index contributed by atoms with van der Waals surface area (Å²) in [5.41, 5.74) is 0.793. The number of hydrogen-bond acceptors (Lipinski definition) is 4. The number of sulfonamides is 1. The lowest BCUT2D eigenvalue weighted by atomic mass is 10.2. The van der Waals surface area contributed by atoms with Crippen molar-refractivity contribution in [3.63, 3.8) is 0 Å². The summed E-state index contributed by atoms with van der Waals surface area (Å²) >= 11 is 0. The van der Waals surface area contributed by atoms with Gasteiger partial charge >= 0.3 is 0 Å². The number of para-hydroxylation sites is 2. The molecule has 0 spiro atoms. The van der Waals surface area contributed by atoms with Crippen molar-refractivity contribution in [1.82, 2.24) is 4.72 Å². The third kappa shape index (κ3) is 5.31. The number of hydrogen-bond donors (Lipinski definition) is 2. The fourth-order valence-electron chi connectivity index (χ4n) is 2.29. The molecule has 0 aliphatic heterocycles. The van der Waals surface area contributed by atoms with Crippen LogP contribution in [0.2, 0.25) is 0 Å². The predicted octanol–water partition coefficient (Wildman–Crippen LogP) is 3.41. The number of amides is 1. The molecule has 0 aliphatic carbocycles. The molecule has 2 aromatic rings. The topological polar surface area (TPSA) is 84.5 Å². The monoisotopic (exact) mass is 376 g/mol. The van der Waals surface area contributed by atoms with Crippen LogP contribution in [0.25, 0.3) is 0 Å². The molecule has 0 saturated heterocycles. The molecule has 0 aromatic heterocycles. The van der Waals surface area contributed by atoms with E-state index in [1.165, 1.54) is 12.1 Å². The van der Waals surface area contributed by atoms with Crippen LogP contribution in [0, 0.1) is 0 Å². The van der Waals surface area contributed by atoms with Crippen molar-refractivity contribution in [2.45, 2.75) is 38.1 Å². The van der Waals surface area contributed by atoms with Crippen LogP contribution in [0.15, 0.2) is 53.4 Å².